The minimum atomic E-state index is -0.779. The lowest BCUT2D eigenvalue weighted by Gasteiger charge is -1.97. The van der Waals surface area contributed by atoms with Gasteiger partial charge in [0.25, 0.3) is 6.54 Å². The van der Waals surface area contributed by atoms with E-state index in [0.29, 0.717) is 0 Å². The van der Waals surface area contributed by atoms with Crippen LogP contribution in [0.2, 0.25) is 0 Å². The second-order valence-corrected chi connectivity index (χ2v) is 2.57. The van der Waals surface area contributed by atoms with Crippen LogP contribution in [0.25, 0.3) is 0 Å². The molecule has 0 saturated carbocycles. The van der Waals surface area contributed by atoms with Crippen LogP contribution in [-0.4, -0.2) is 17.3 Å². The minimum absolute atomic E-state index is 0.103. The van der Waals surface area contributed by atoms with Gasteiger partial charge in [-0.15, -0.1) is 0 Å². The molecule has 0 aromatic heterocycles. The van der Waals surface area contributed by atoms with E-state index in [1.165, 1.54) is 12.1 Å². The van der Waals surface area contributed by atoms with Gasteiger partial charge in [0.15, 0.2) is 0 Å². The van der Waals surface area contributed by atoms with Crippen molar-refractivity contribution in [2.24, 2.45) is 0 Å². The molecule has 0 bridgehead atoms. The van der Waals surface area contributed by atoms with Crippen molar-refractivity contribution in [3.8, 4) is 6.07 Å². The van der Waals surface area contributed by atoms with Crippen molar-refractivity contribution < 1.29 is 9.72 Å². The molecule has 0 aliphatic rings. The van der Waals surface area contributed by atoms with Gasteiger partial charge in [-0.05, 0) is 12.1 Å². The third-order valence-electron chi connectivity index (χ3n) is 1.62. The standard InChI is InChI=1S/C9H6N2O3/c10-5-7-3-1-2-4-8(7)9(12)6-11(13)14/h1-4H,6H2. The van der Waals surface area contributed by atoms with Crippen molar-refractivity contribution in [1.29, 1.82) is 5.26 Å². The first kappa shape index (κ1) is 9.86. The average molecular weight is 190 g/mol. The summed E-state index contributed by atoms with van der Waals surface area (Å²) in [5, 5.41) is 18.7. The molecule has 0 fully saturated rings. The molecular formula is C9H6N2O3. The van der Waals surface area contributed by atoms with Crippen LogP contribution in [0.3, 0.4) is 0 Å². The summed E-state index contributed by atoms with van der Waals surface area (Å²) in [6.07, 6.45) is 0. The number of nitrogens with zero attached hydrogens (tertiary/aromatic N) is 2. The molecule has 0 atom stereocenters. The molecule has 0 aliphatic carbocycles. The van der Waals surface area contributed by atoms with Crippen LogP contribution in [0.5, 0.6) is 0 Å². The summed E-state index contributed by atoms with van der Waals surface area (Å²) in [6.45, 7) is -0.779. The van der Waals surface area contributed by atoms with Gasteiger partial charge in [-0.25, -0.2) is 0 Å². The van der Waals surface area contributed by atoms with E-state index in [2.05, 4.69) is 0 Å². The SMILES string of the molecule is N#Cc1ccccc1C(=O)C[N+](=O)[O-]. The molecule has 70 valence electrons. The Hall–Kier alpha value is -2.22. The smallest absolute Gasteiger partial charge is 0.265 e. The zero-order valence-corrected chi connectivity index (χ0v) is 7.14. The second-order valence-electron chi connectivity index (χ2n) is 2.57. The van der Waals surface area contributed by atoms with Gasteiger partial charge in [0.1, 0.15) is 0 Å². The van der Waals surface area contributed by atoms with Gasteiger partial charge in [-0.3, -0.25) is 14.9 Å². The van der Waals surface area contributed by atoms with E-state index in [1.54, 1.807) is 18.2 Å². The first-order valence-corrected chi connectivity index (χ1v) is 3.79. The van der Waals surface area contributed by atoms with Crippen LogP contribution in [0.1, 0.15) is 15.9 Å². The van der Waals surface area contributed by atoms with E-state index >= 15 is 0 Å². The summed E-state index contributed by atoms with van der Waals surface area (Å²) < 4.78 is 0. The number of rotatable bonds is 3. The largest absolute Gasteiger partial charge is 0.287 e. The van der Waals surface area contributed by atoms with Gasteiger partial charge in [0.2, 0.25) is 5.78 Å². The molecule has 1 aromatic carbocycles. The molecule has 0 radical (unpaired) electrons. The zero-order chi connectivity index (χ0) is 10.6. The van der Waals surface area contributed by atoms with Crippen LogP contribution in [-0.2, 0) is 0 Å². The number of carbonyl (C=O) groups is 1. The van der Waals surface area contributed by atoms with E-state index < -0.39 is 17.3 Å². The highest BCUT2D eigenvalue weighted by atomic mass is 16.6. The number of nitro groups is 1. The summed E-state index contributed by atoms with van der Waals surface area (Å²) in [4.78, 5) is 20.6. The number of nitriles is 1. The Kier molecular flexibility index (Phi) is 2.92. The highest BCUT2D eigenvalue weighted by Gasteiger charge is 2.15. The van der Waals surface area contributed by atoms with Crippen molar-refractivity contribution in [2.75, 3.05) is 6.54 Å². The zero-order valence-electron chi connectivity index (χ0n) is 7.14. The number of ketones is 1. The summed E-state index contributed by atoms with van der Waals surface area (Å²) >= 11 is 0. The Labute approximate surface area is 79.7 Å². The monoisotopic (exact) mass is 190 g/mol. The molecule has 0 amide bonds. The Bertz CT molecular complexity index is 420. The van der Waals surface area contributed by atoms with Crippen molar-refractivity contribution in [3.05, 3.63) is 45.5 Å². The van der Waals surface area contributed by atoms with E-state index in [-0.39, 0.29) is 11.1 Å². The fourth-order valence-electron chi connectivity index (χ4n) is 1.03. The second kappa shape index (κ2) is 4.14. The lowest BCUT2D eigenvalue weighted by atomic mass is 10.0. The summed E-state index contributed by atoms with van der Waals surface area (Å²) in [7, 11) is 0. The lowest BCUT2D eigenvalue weighted by Crippen LogP contribution is -2.14. The normalized spacial score (nSPS) is 9.07. The molecule has 0 spiro atoms. The van der Waals surface area contributed by atoms with Gasteiger partial charge in [0.05, 0.1) is 11.6 Å². The number of carbonyl (C=O) groups excluding carboxylic acids is 1. The van der Waals surface area contributed by atoms with E-state index in [0.717, 1.165) is 0 Å². The van der Waals surface area contributed by atoms with E-state index in [4.69, 9.17) is 5.26 Å². The van der Waals surface area contributed by atoms with Crippen molar-refractivity contribution in [3.63, 3.8) is 0 Å². The maximum atomic E-state index is 11.2. The quantitative estimate of drug-likeness (QED) is 0.404. The van der Waals surface area contributed by atoms with Gasteiger partial charge in [-0.2, -0.15) is 5.26 Å². The van der Waals surface area contributed by atoms with Crippen LogP contribution in [0.4, 0.5) is 0 Å². The fraction of sp³-hybridized carbons (Fsp3) is 0.111. The first-order valence-electron chi connectivity index (χ1n) is 3.79. The number of benzene rings is 1. The molecule has 5 heteroatoms. The number of hydrogen-bond donors (Lipinski definition) is 0. The summed E-state index contributed by atoms with van der Waals surface area (Å²) in [5.74, 6) is -0.646. The Morgan fingerprint density at radius 1 is 1.50 bits per heavy atom. The van der Waals surface area contributed by atoms with Gasteiger partial charge >= 0.3 is 0 Å². The Balaban J connectivity index is 3.01. The molecule has 0 N–H and O–H groups in total. The molecule has 0 aliphatic heterocycles. The summed E-state index contributed by atoms with van der Waals surface area (Å²) in [5.41, 5.74) is 0.269. The van der Waals surface area contributed by atoms with Crippen LogP contribution in [0.15, 0.2) is 24.3 Å². The molecule has 5 nitrogen and oxygen atoms in total. The molecule has 0 heterocycles. The summed E-state index contributed by atoms with van der Waals surface area (Å²) in [6, 6.07) is 7.83. The van der Waals surface area contributed by atoms with Crippen molar-refractivity contribution in [2.45, 2.75) is 0 Å². The van der Waals surface area contributed by atoms with Gasteiger partial charge in [0, 0.05) is 10.5 Å². The molecule has 0 saturated heterocycles. The Morgan fingerprint density at radius 2 is 2.14 bits per heavy atom. The van der Waals surface area contributed by atoms with Crippen molar-refractivity contribution >= 4 is 5.78 Å². The Morgan fingerprint density at radius 3 is 2.71 bits per heavy atom. The van der Waals surface area contributed by atoms with Gasteiger partial charge < -0.3 is 0 Å². The maximum Gasteiger partial charge on any atom is 0.265 e. The molecule has 14 heavy (non-hydrogen) atoms. The topological polar surface area (TPSA) is 84.0 Å². The van der Waals surface area contributed by atoms with Crippen molar-refractivity contribution in [1.82, 2.24) is 0 Å². The molecule has 0 unspecified atom stereocenters. The van der Waals surface area contributed by atoms with Crippen LogP contribution < -0.4 is 0 Å². The number of Topliss-reactive ketones (excluding diaryl/α,β-unsaturated/α-hetero) is 1. The molecule has 1 rings (SSSR count). The highest BCUT2D eigenvalue weighted by molar-refractivity contribution is 5.99. The van der Waals surface area contributed by atoms with Crippen LogP contribution in [0, 0.1) is 21.4 Å². The maximum absolute atomic E-state index is 11.2. The predicted molar refractivity (Wildman–Crippen MR) is 47.3 cm³/mol. The third-order valence-corrected chi connectivity index (χ3v) is 1.62. The third kappa shape index (κ3) is 2.14. The number of hydrogen-bond acceptors (Lipinski definition) is 4. The molecule has 1 aromatic rings. The molecular weight excluding hydrogens is 184 g/mol. The average Bonchev–Trinajstić information content (AvgIpc) is 2.16. The van der Waals surface area contributed by atoms with E-state index in [1.807, 2.05) is 0 Å². The fourth-order valence-corrected chi connectivity index (χ4v) is 1.03. The lowest BCUT2D eigenvalue weighted by molar-refractivity contribution is -0.465. The van der Waals surface area contributed by atoms with Gasteiger partial charge in [-0.1, -0.05) is 12.1 Å². The van der Waals surface area contributed by atoms with Crippen LogP contribution >= 0.6 is 0 Å². The minimum Gasteiger partial charge on any atom is -0.287 e. The predicted octanol–water partition coefficient (Wildman–Crippen LogP) is 1.02. The first-order chi connectivity index (χ1) is 6.65. The highest BCUT2D eigenvalue weighted by Crippen LogP contribution is 2.07. The van der Waals surface area contributed by atoms with E-state index in [9.17, 15) is 14.9 Å².